The van der Waals surface area contributed by atoms with Gasteiger partial charge in [-0.05, 0) is 32.9 Å². The molecule has 1 saturated heterocycles. The summed E-state index contributed by atoms with van der Waals surface area (Å²) in [6.07, 6.45) is 0.140. The summed E-state index contributed by atoms with van der Waals surface area (Å²) in [5, 5.41) is 0. The van der Waals surface area contributed by atoms with E-state index in [-0.39, 0.29) is 18.1 Å². The average molecular weight is 239 g/mol. The Morgan fingerprint density at radius 2 is 2.25 bits per heavy atom. The maximum atomic E-state index is 12.2. The molecule has 0 radical (unpaired) electrons. The van der Waals surface area contributed by atoms with E-state index in [1.165, 1.54) is 4.88 Å². The molecule has 88 valence electrons. The highest BCUT2D eigenvalue weighted by Crippen LogP contribution is 2.20. The number of aryl methyl sites for hydroxylation is 1. The van der Waals surface area contributed by atoms with Gasteiger partial charge >= 0.3 is 0 Å². The fourth-order valence-corrected chi connectivity index (χ4v) is 2.70. The number of rotatable bonds is 1. The first-order valence-corrected chi connectivity index (χ1v) is 6.38. The van der Waals surface area contributed by atoms with Gasteiger partial charge in [-0.1, -0.05) is 0 Å². The van der Waals surface area contributed by atoms with Crippen LogP contribution >= 0.6 is 11.3 Å². The highest BCUT2D eigenvalue weighted by molar-refractivity contribution is 7.13. The fraction of sp³-hybridized carbons (Fsp3) is 0.583. The molecule has 0 aromatic carbocycles. The van der Waals surface area contributed by atoms with Crippen molar-refractivity contribution in [2.75, 3.05) is 13.2 Å². The molecule has 2 atom stereocenters. The van der Waals surface area contributed by atoms with Gasteiger partial charge in [0.1, 0.15) is 0 Å². The lowest BCUT2D eigenvalue weighted by atomic mass is 10.2. The van der Waals surface area contributed by atoms with E-state index in [1.54, 1.807) is 11.3 Å². The molecule has 1 aromatic rings. The van der Waals surface area contributed by atoms with Gasteiger partial charge in [0.2, 0.25) is 0 Å². The molecule has 0 N–H and O–H groups in total. The van der Waals surface area contributed by atoms with Crippen molar-refractivity contribution in [3.8, 4) is 0 Å². The molecule has 4 heteroatoms. The standard InChI is InChI=1S/C12H17NO2S/c1-8-7-15-9(2)6-13(8)12(14)11-5-4-10(3)16-11/h4-5,8-9H,6-7H2,1-3H3/t8-,9+/m1/s1. The Labute approximate surface area is 100 Å². The lowest BCUT2D eigenvalue weighted by Crippen LogP contribution is -2.50. The van der Waals surface area contributed by atoms with Crippen molar-refractivity contribution < 1.29 is 9.53 Å². The van der Waals surface area contributed by atoms with Crippen LogP contribution in [0.4, 0.5) is 0 Å². The smallest absolute Gasteiger partial charge is 0.264 e. The lowest BCUT2D eigenvalue weighted by Gasteiger charge is -2.36. The van der Waals surface area contributed by atoms with Crippen LogP contribution in [0.2, 0.25) is 0 Å². The predicted octanol–water partition coefficient (Wildman–Crippen LogP) is 2.31. The first-order chi connectivity index (χ1) is 7.58. The summed E-state index contributed by atoms with van der Waals surface area (Å²) in [5.74, 6) is 0.140. The van der Waals surface area contributed by atoms with Crippen LogP contribution in [0.5, 0.6) is 0 Å². The Hall–Kier alpha value is -0.870. The number of hydrogen-bond donors (Lipinski definition) is 0. The third kappa shape index (κ3) is 2.28. The Morgan fingerprint density at radius 3 is 2.88 bits per heavy atom. The van der Waals surface area contributed by atoms with Crippen LogP contribution in [0.15, 0.2) is 12.1 Å². The molecule has 2 rings (SSSR count). The summed E-state index contributed by atoms with van der Waals surface area (Å²) >= 11 is 1.56. The van der Waals surface area contributed by atoms with Gasteiger partial charge < -0.3 is 9.64 Å². The predicted molar refractivity (Wildman–Crippen MR) is 65.0 cm³/mol. The van der Waals surface area contributed by atoms with Crippen molar-refractivity contribution in [3.63, 3.8) is 0 Å². The van der Waals surface area contributed by atoms with E-state index in [2.05, 4.69) is 0 Å². The molecule has 0 saturated carbocycles. The Morgan fingerprint density at radius 1 is 1.50 bits per heavy atom. The number of nitrogens with zero attached hydrogens (tertiary/aromatic N) is 1. The number of carbonyl (C=O) groups excluding carboxylic acids is 1. The summed E-state index contributed by atoms with van der Waals surface area (Å²) in [4.78, 5) is 16.2. The van der Waals surface area contributed by atoms with Gasteiger partial charge in [0.15, 0.2) is 0 Å². The van der Waals surface area contributed by atoms with Gasteiger partial charge in [-0.3, -0.25) is 4.79 Å². The van der Waals surface area contributed by atoms with Crippen LogP contribution in [0.25, 0.3) is 0 Å². The van der Waals surface area contributed by atoms with Crippen molar-refractivity contribution in [1.29, 1.82) is 0 Å². The van der Waals surface area contributed by atoms with E-state index in [0.717, 1.165) is 4.88 Å². The van der Waals surface area contributed by atoms with Crippen molar-refractivity contribution >= 4 is 17.2 Å². The molecule has 16 heavy (non-hydrogen) atoms. The highest BCUT2D eigenvalue weighted by atomic mass is 32.1. The third-order valence-corrected chi connectivity index (χ3v) is 3.81. The topological polar surface area (TPSA) is 29.5 Å². The van der Waals surface area contributed by atoms with Crippen LogP contribution in [-0.2, 0) is 4.74 Å². The molecular weight excluding hydrogens is 222 g/mol. The third-order valence-electron chi connectivity index (χ3n) is 2.82. The highest BCUT2D eigenvalue weighted by Gasteiger charge is 2.28. The monoisotopic (exact) mass is 239 g/mol. The summed E-state index contributed by atoms with van der Waals surface area (Å²) in [6, 6.07) is 4.08. The van der Waals surface area contributed by atoms with Crippen molar-refractivity contribution in [1.82, 2.24) is 4.90 Å². The van der Waals surface area contributed by atoms with Gasteiger partial charge in [0, 0.05) is 11.4 Å². The molecule has 3 nitrogen and oxygen atoms in total. The summed E-state index contributed by atoms with van der Waals surface area (Å²) in [6.45, 7) is 7.39. The number of ether oxygens (including phenoxy) is 1. The zero-order chi connectivity index (χ0) is 11.7. The molecule has 1 fully saturated rings. The minimum absolute atomic E-state index is 0.140. The molecule has 1 amide bonds. The normalized spacial score (nSPS) is 25.8. The number of carbonyl (C=O) groups is 1. The minimum atomic E-state index is 0.140. The molecule has 0 unspecified atom stereocenters. The summed E-state index contributed by atoms with van der Waals surface area (Å²) < 4.78 is 5.52. The summed E-state index contributed by atoms with van der Waals surface area (Å²) in [5.41, 5.74) is 0. The SMILES string of the molecule is Cc1ccc(C(=O)N2C[C@H](C)OC[C@H]2C)s1. The van der Waals surface area contributed by atoms with E-state index in [1.807, 2.05) is 37.8 Å². The van der Waals surface area contributed by atoms with Crippen LogP contribution < -0.4 is 0 Å². The molecule has 1 aromatic heterocycles. The van der Waals surface area contributed by atoms with Crippen molar-refractivity contribution in [3.05, 3.63) is 21.9 Å². The molecule has 0 aliphatic carbocycles. The van der Waals surface area contributed by atoms with Crippen molar-refractivity contribution in [2.24, 2.45) is 0 Å². The fourth-order valence-electron chi connectivity index (χ4n) is 1.88. The molecule has 1 aliphatic heterocycles. The Kier molecular flexibility index (Phi) is 3.30. The zero-order valence-electron chi connectivity index (χ0n) is 9.90. The van der Waals surface area contributed by atoms with E-state index in [4.69, 9.17) is 4.74 Å². The van der Waals surface area contributed by atoms with Gasteiger partial charge in [0.25, 0.3) is 5.91 Å². The van der Waals surface area contributed by atoms with Gasteiger partial charge in [0.05, 0.1) is 23.6 Å². The number of hydrogen-bond acceptors (Lipinski definition) is 3. The second-order valence-electron chi connectivity index (χ2n) is 4.36. The van der Waals surface area contributed by atoms with E-state index in [9.17, 15) is 4.79 Å². The number of amides is 1. The van der Waals surface area contributed by atoms with Crippen LogP contribution in [0, 0.1) is 6.92 Å². The van der Waals surface area contributed by atoms with E-state index >= 15 is 0 Å². The van der Waals surface area contributed by atoms with Gasteiger partial charge in [-0.2, -0.15) is 0 Å². The average Bonchev–Trinajstić information content (AvgIpc) is 2.67. The molecule has 1 aliphatic rings. The van der Waals surface area contributed by atoms with Crippen LogP contribution in [0.1, 0.15) is 28.4 Å². The lowest BCUT2D eigenvalue weighted by molar-refractivity contribution is -0.0385. The summed E-state index contributed by atoms with van der Waals surface area (Å²) in [7, 11) is 0. The van der Waals surface area contributed by atoms with Crippen LogP contribution in [0.3, 0.4) is 0 Å². The maximum Gasteiger partial charge on any atom is 0.264 e. The zero-order valence-corrected chi connectivity index (χ0v) is 10.7. The molecule has 0 spiro atoms. The van der Waals surface area contributed by atoms with Crippen molar-refractivity contribution in [2.45, 2.75) is 32.9 Å². The van der Waals surface area contributed by atoms with Gasteiger partial charge in [-0.15, -0.1) is 11.3 Å². The number of morpholine rings is 1. The minimum Gasteiger partial charge on any atom is -0.375 e. The second kappa shape index (κ2) is 4.55. The first-order valence-electron chi connectivity index (χ1n) is 5.57. The van der Waals surface area contributed by atoms with Crippen LogP contribution in [-0.4, -0.2) is 36.1 Å². The van der Waals surface area contributed by atoms with E-state index in [0.29, 0.717) is 13.2 Å². The number of thiophene rings is 1. The Balaban J connectivity index is 2.14. The molecular formula is C12H17NO2S. The maximum absolute atomic E-state index is 12.2. The largest absolute Gasteiger partial charge is 0.375 e. The quantitative estimate of drug-likeness (QED) is 0.752. The Bertz CT molecular complexity index is 388. The first kappa shape index (κ1) is 11.6. The molecule has 2 heterocycles. The van der Waals surface area contributed by atoms with Gasteiger partial charge in [-0.25, -0.2) is 0 Å². The van der Waals surface area contributed by atoms with E-state index < -0.39 is 0 Å². The molecule has 0 bridgehead atoms. The second-order valence-corrected chi connectivity index (χ2v) is 5.65.